The molecule has 1 aromatic rings. The fourth-order valence-corrected chi connectivity index (χ4v) is 3.75. The molecule has 114 valence electrons. The van der Waals surface area contributed by atoms with E-state index in [9.17, 15) is 9.90 Å². The molecule has 4 heteroatoms. The van der Waals surface area contributed by atoms with Crippen LogP contribution in [0.2, 0.25) is 0 Å². The second-order valence-corrected chi connectivity index (χ2v) is 6.48. The Kier molecular flexibility index (Phi) is 4.00. The fraction of sp³-hybridized carbons (Fsp3) is 0.588. The molecule has 0 aromatic heterocycles. The van der Waals surface area contributed by atoms with Gasteiger partial charge in [-0.1, -0.05) is 12.1 Å². The number of benzene rings is 1. The maximum Gasteiger partial charge on any atom is 0.238 e. The average Bonchev–Trinajstić information content (AvgIpc) is 2.68. The van der Waals surface area contributed by atoms with Crippen LogP contribution < -0.4 is 5.32 Å². The van der Waals surface area contributed by atoms with E-state index < -0.39 is 0 Å². The Hall–Kier alpha value is -1.39. The van der Waals surface area contributed by atoms with Gasteiger partial charge in [-0.25, -0.2) is 0 Å². The molecule has 2 aliphatic rings. The average molecular weight is 288 g/mol. The number of piperidine rings is 1. The number of carbonyl (C=O) groups excluding carboxylic acids is 1. The molecular weight excluding hydrogens is 264 g/mol. The summed E-state index contributed by atoms with van der Waals surface area (Å²) in [6, 6.07) is 6.73. The minimum atomic E-state index is -0.180. The van der Waals surface area contributed by atoms with Crippen molar-refractivity contribution in [2.75, 3.05) is 11.9 Å². The van der Waals surface area contributed by atoms with Crippen molar-refractivity contribution in [3.63, 3.8) is 0 Å². The molecule has 2 bridgehead atoms. The SMILES string of the molecule is Cc1cccc(NC(=O)CN2C3CCC2CC(O)C3)c1C. The fourth-order valence-electron chi connectivity index (χ4n) is 3.75. The van der Waals surface area contributed by atoms with E-state index in [-0.39, 0.29) is 12.0 Å². The zero-order chi connectivity index (χ0) is 15.0. The van der Waals surface area contributed by atoms with E-state index in [1.807, 2.05) is 19.1 Å². The number of rotatable bonds is 3. The number of anilines is 1. The third-order valence-electron chi connectivity index (χ3n) is 5.06. The summed E-state index contributed by atoms with van der Waals surface area (Å²) < 4.78 is 0. The maximum atomic E-state index is 12.3. The van der Waals surface area contributed by atoms with Gasteiger partial charge >= 0.3 is 0 Å². The van der Waals surface area contributed by atoms with E-state index in [2.05, 4.69) is 23.2 Å². The maximum absolute atomic E-state index is 12.3. The first kappa shape index (κ1) is 14.5. The Labute approximate surface area is 126 Å². The zero-order valence-electron chi connectivity index (χ0n) is 12.8. The van der Waals surface area contributed by atoms with Crippen LogP contribution in [0.25, 0.3) is 0 Å². The first-order chi connectivity index (χ1) is 10.0. The molecule has 0 spiro atoms. The van der Waals surface area contributed by atoms with Crippen LogP contribution in [-0.2, 0) is 4.79 Å². The molecule has 2 N–H and O–H groups in total. The Bertz CT molecular complexity index is 530. The Morgan fingerprint density at radius 1 is 1.29 bits per heavy atom. The summed E-state index contributed by atoms with van der Waals surface area (Å²) in [6.45, 7) is 4.53. The second-order valence-electron chi connectivity index (χ2n) is 6.48. The highest BCUT2D eigenvalue weighted by Gasteiger charge is 2.40. The van der Waals surface area contributed by atoms with Crippen molar-refractivity contribution < 1.29 is 9.90 Å². The number of carbonyl (C=O) groups is 1. The smallest absolute Gasteiger partial charge is 0.238 e. The summed E-state index contributed by atoms with van der Waals surface area (Å²) in [6.07, 6.45) is 3.66. The van der Waals surface area contributed by atoms with Gasteiger partial charge in [0.05, 0.1) is 12.6 Å². The largest absolute Gasteiger partial charge is 0.393 e. The van der Waals surface area contributed by atoms with Gasteiger partial charge in [0.25, 0.3) is 0 Å². The molecule has 1 amide bonds. The molecule has 0 saturated carbocycles. The van der Waals surface area contributed by atoms with Gasteiger partial charge in [0.1, 0.15) is 0 Å². The molecule has 2 saturated heterocycles. The molecule has 0 aliphatic carbocycles. The van der Waals surface area contributed by atoms with E-state index in [0.29, 0.717) is 18.6 Å². The van der Waals surface area contributed by atoms with Gasteiger partial charge in [0.15, 0.2) is 0 Å². The summed E-state index contributed by atoms with van der Waals surface area (Å²) in [7, 11) is 0. The van der Waals surface area contributed by atoms with Crippen LogP contribution in [0.3, 0.4) is 0 Å². The number of aliphatic hydroxyl groups is 1. The highest BCUT2D eigenvalue weighted by atomic mass is 16.3. The number of amides is 1. The van der Waals surface area contributed by atoms with E-state index >= 15 is 0 Å². The van der Waals surface area contributed by atoms with Gasteiger partial charge in [-0.15, -0.1) is 0 Å². The van der Waals surface area contributed by atoms with Crippen molar-refractivity contribution >= 4 is 11.6 Å². The second kappa shape index (κ2) is 5.78. The van der Waals surface area contributed by atoms with Crippen molar-refractivity contribution in [2.24, 2.45) is 0 Å². The number of hydrogen-bond acceptors (Lipinski definition) is 3. The Morgan fingerprint density at radius 2 is 1.95 bits per heavy atom. The molecule has 1 aromatic carbocycles. The summed E-state index contributed by atoms with van der Waals surface area (Å²) >= 11 is 0. The first-order valence-corrected chi connectivity index (χ1v) is 7.84. The van der Waals surface area contributed by atoms with Crippen LogP contribution >= 0.6 is 0 Å². The minimum Gasteiger partial charge on any atom is -0.393 e. The van der Waals surface area contributed by atoms with Gasteiger partial charge in [-0.3, -0.25) is 9.69 Å². The summed E-state index contributed by atoms with van der Waals surface area (Å²) in [4.78, 5) is 14.6. The molecule has 3 rings (SSSR count). The molecule has 2 fully saturated rings. The first-order valence-electron chi connectivity index (χ1n) is 7.84. The molecule has 2 heterocycles. The van der Waals surface area contributed by atoms with Crippen molar-refractivity contribution in [3.05, 3.63) is 29.3 Å². The van der Waals surface area contributed by atoms with Crippen LogP contribution in [0.4, 0.5) is 5.69 Å². The van der Waals surface area contributed by atoms with E-state index in [1.165, 1.54) is 5.56 Å². The Balaban J connectivity index is 1.64. The van der Waals surface area contributed by atoms with Crippen LogP contribution in [0.1, 0.15) is 36.8 Å². The van der Waals surface area contributed by atoms with Gasteiger partial charge in [0.2, 0.25) is 5.91 Å². The lowest BCUT2D eigenvalue weighted by Gasteiger charge is -2.36. The van der Waals surface area contributed by atoms with Crippen molar-refractivity contribution in [1.29, 1.82) is 0 Å². The predicted molar refractivity (Wildman–Crippen MR) is 83.3 cm³/mol. The molecule has 2 atom stereocenters. The number of hydrogen-bond donors (Lipinski definition) is 2. The highest BCUT2D eigenvalue weighted by Crippen LogP contribution is 2.35. The monoisotopic (exact) mass is 288 g/mol. The van der Waals surface area contributed by atoms with E-state index in [0.717, 1.165) is 36.9 Å². The molecule has 4 nitrogen and oxygen atoms in total. The molecule has 2 unspecified atom stereocenters. The third kappa shape index (κ3) is 2.97. The quantitative estimate of drug-likeness (QED) is 0.897. The van der Waals surface area contributed by atoms with Crippen molar-refractivity contribution in [1.82, 2.24) is 4.90 Å². The summed E-state index contributed by atoms with van der Waals surface area (Å²) in [5.74, 6) is 0.0528. The Morgan fingerprint density at radius 3 is 2.62 bits per heavy atom. The van der Waals surface area contributed by atoms with Crippen LogP contribution in [0.5, 0.6) is 0 Å². The van der Waals surface area contributed by atoms with Gasteiger partial charge < -0.3 is 10.4 Å². The minimum absolute atomic E-state index is 0.0528. The van der Waals surface area contributed by atoms with Gasteiger partial charge in [-0.05, 0) is 56.7 Å². The number of fused-ring (bicyclic) bond motifs is 2. The lowest BCUT2D eigenvalue weighted by molar-refractivity contribution is -0.119. The number of nitrogens with one attached hydrogen (secondary N) is 1. The third-order valence-corrected chi connectivity index (χ3v) is 5.06. The number of nitrogens with zero attached hydrogens (tertiary/aromatic N) is 1. The highest BCUT2D eigenvalue weighted by molar-refractivity contribution is 5.93. The van der Waals surface area contributed by atoms with Crippen molar-refractivity contribution in [3.8, 4) is 0 Å². The predicted octanol–water partition coefficient (Wildman–Crippen LogP) is 2.23. The molecular formula is C17H24N2O2. The molecule has 0 radical (unpaired) electrons. The standard InChI is InChI=1S/C17H24N2O2/c1-11-4-3-5-16(12(11)2)18-17(21)10-19-13-6-7-14(19)9-15(20)8-13/h3-5,13-15,20H,6-10H2,1-2H3,(H,18,21). The molecule has 21 heavy (non-hydrogen) atoms. The van der Waals surface area contributed by atoms with E-state index in [1.54, 1.807) is 0 Å². The topological polar surface area (TPSA) is 52.6 Å². The van der Waals surface area contributed by atoms with Gasteiger partial charge in [-0.2, -0.15) is 0 Å². The van der Waals surface area contributed by atoms with Crippen LogP contribution in [-0.4, -0.2) is 40.6 Å². The number of aliphatic hydroxyl groups excluding tert-OH is 1. The lowest BCUT2D eigenvalue weighted by Crippen LogP contribution is -2.47. The zero-order valence-corrected chi connectivity index (χ0v) is 12.8. The van der Waals surface area contributed by atoms with Gasteiger partial charge in [0, 0.05) is 17.8 Å². The van der Waals surface area contributed by atoms with Crippen molar-refractivity contribution in [2.45, 2.75) is 57.7 Å². The van der Waals surface area contributed by atoms with Crippen LogP contribution in [0.15, 0.2) is 18.2 Å². The van der Waals surface area contributed by atoms with E-state index in [4.69, 9.17) is 0 Å². The summed E-state index contributed by atoms with van der Waals surface area (Å²) in [5.41, 5.74) is 3.22. The number of aryl methyl sites for hydroxylation is 1. The van der Waals surface area contributed by atoms with Crippen LogP contribution in [0, 0.1) is 13.8 Å². The normalized spacial score (nSPS) is 28.6. The summed E-state index contributed by atoms with van der Waals surface area (Å²) in [5, 5.41) is 12.9. The molecule has 2 aliphatic heterocycles. The lowest BCUT2D eigenvalue weighted by atomic mass is 10.00.